The number of fused-ring (bicyclic) bond motifs is 1. The third kappa shape index (κ3) is 4.35. The number of carbonyl (C=O) groups excluding carboxylic acids is 1. The first-order chi connectivity index (χ1) is 14.8. The SMILES string of the molecule is CCn1c(=NC(=O)c2ccc(S(=O)(=O)N3CCCCC3C)cc2)sc2cc(Cl)ccc21. The van der Waals surface area contributed by atoms with Gasteiger partial charge in [0.2, 0.25) is 10.0 Å². The van der Waals surface area contributed by atoms with Gasteiger partial charge in [0.15, 0.2) is 4.80 Å². The number of piperidine rings is 1. The van der Waals surface area contributed by atoms with Gasteiger partial charge in [-0.2, -0.15) is 9.30 Å². The van der Waals surface area contributed by atoms with Crippen LogP contribution >= 0.6 is 22.9 Å². The van der Waals surface area contributed by atoms with E-state index in [2.05, 4.69) is 4.99 Å². The molecule has 0 radical (unpaired) electrons. The lowest BCUT2D eigenvalue weighted by Gasteiger charge is -2.32. The summed E-state index contributed by atoms with van der Waals surface area (Å²) in [5, 5.41) is 0.634. The second-order valence-corrected chi connectivity index (χ2v) is 11.0. The Hall–Kier alpha value is -2.00. The molecule has 1 fully saturated rings. The Morgan fingerprint density at radius 3 is 2.61 bits per heavy atom. The minimum atomic E-state index is -3.57. The van der Waals surface area contributed by atoms with Gasteiger partial charge in [-0.3, -0.25) is 4.79 Å². The minimum absolute atomic E-state index is 0.0130. The first-order valence-corrected chi connectivity index (χ1v) is 12.9. The van der Waals surface area contributed by atoms with Crippen LogP contribution in [0, 0.1) is 0 Å². The molecule has 0 N–H and O–H groups in total. The molecule has 0 saturated carbocycles. The molecule has 1 unspecified atom stereocenters. The second-order valence-electron chi connectivity index (χ2n) is 7.64. The molecule has 2 heterocycles. The van der Waals surface area contributed by atoms with Crippen molar-refractivity contribution < 1.29 is 13.2 Å². The van der Waals surface area contributed by atoms with Crippen molar-refractivity contribution in [2.24, 2.45) is 4.99 Å². The molecule has 4 rings (SSSR count). The fourth-order valence-corrected chi connectivity index (χ4v) is 6.99. The predicted molar refractivity (Wildman–Crippen MR) is 124 cm³/mol. The molecule has 0 spiro atoms. The van der Waals surface area contributed by atoms with Gasteiger partial charge in [0, 0.05) is 29.7 Å². The molecular formula is C22H24ClN3O3S2. The van der Waals surface area contributed by atoms with E-state index in [0.29, 0.717) is 28.5 Å². The van der Waals surface area contributed by atoms with Gasteiger partial charge in [0.05, 0.1) is 15.1 Å². The molecule has 1 amide bonds. The predicted octanol–water partition coefficient (Wildman–Crippen LogP) is 4.68. The standard InChI is InChI=1S/C22H24ClN3O3S2/c1-3-25-19-12-9-17(23)14-20(19)30-22(25)24-21(27)16-7-10-18(11-8-16)31(28,29)26-13-5-4-6-15(26)2/h7-12,14-15H,3-6,13H2,1-2H3. The van der Waals surface area contributed by atoms with E-state index in [9.17, 15) is 13.2 Å². The highest BCUT2D eigenvalue weighted by Crippen LogP contribution is 2.25. The maximum absolute atomic E-state index is 13.0. The number of nitrogens with zero attached hydrogens (tertiary/aromatic N) is 3. The summed E-state index contributed by atoms with van der Waals surface area (Å²) in [5.74, 6) is -0.407. The molecule has 6 nitrogen and oxygen atoms in total. The Kier molecular flexibility index (Phi) is 6.35. The van der Waals surface area contributed by atoms with E-state index in [4.69, 9.17) is 11.6 Å². The van der Waals surface area contributed by atoms with E-state index >= 15 is 0 Å². The summed E-state index contributed by atoms with van der Waals surface area (Å²) in [5.41, 5.74) is 1.32. The normalized spacial score (nSPS) is 18.5. The lowest BCUT2D eigenvalue weighted by molar-refractivity contribution is 0.0997. The molecule has 1 aromatic heterocycles. The average molecular weight is 478 g/mol. The number of hydrogen-bond donors (Lipinski definition) is 0. The molecule has 164 valence electrons. The average Bonchev–Trinajstić information content (AvgIpc) is 3.09. The molecular weight excluding hydrogens is 454 g/mol. The van der Waals surface area contributed by atoms with Crippen LogP contribution in [0.5, 0.6) is 0 Å². The van der Waals surface area contributed by atoms with Gasteiger partial charge >= 0.3 is 0 Å². The highest BCUT2D eigenvalue weighted by Gasteiger charge is 2.30. The minimum Gasteiger partial charge on any atom is -0.317 e. The number of sulfonamides is 1. The summed E-state index contributed by atoms with van der Waals surface area (Å²) in [6.07, 6.45) is 2.78. The number of carbonyl (C=O) groups is 1. The monoisotopic (exact) mass is 477 g/mol. The van der Waals surface area contributed by atoms with Crippen LogP contribution in [0.3, 0.4) is 0 Å². The summed E-state index contributed by atoms with van der Waals surface area (Å²) in [4.78, 5) is 17.9. The molecule has 1 saturated heterocycles. The Morgan fingerprint density at radius 2 is 1.94 bits per heavy atom. The number of halogens is 1. The van der Waals surface area contributed by atoms with E-state index in [1.54, 1.807) is 4.31 Å². The van der Waals surface area contributed by atoms with E-state index in [1.807, 2.05) is 36.6 Å². The molecule has 3 aromatic rings. The van der Waals surface area contributed by atoms with Crippen LogP contribution in [0.25, 0.3) is 10.2 Å². The number of thiazole rings is 1. The van der Waals surface area contributed by atoms with Crippen molar-refractivity contribution in [2.45, 2.75) is 50.6 Å². The quantitative estimate of drug-likeness (QED) is 0.547. The number of rotatable bonds is 4. The van der Waals surface area contributed by atoms with Crippen LogP contribution in [0.1, 0.15) is 43.5 Å². The van der Waals surface area contributed by atoms with Gasteiger partial charge in [-0.05, 0) is 69.2 Å². The van der Waals surface area contributed by atoms with Gasteiger partial charge in [0.25, 0.3) is 5.91 Å². The van der Waals surface area contributed by atoms with Crippen LogP contribution in [0.15, 0.2) is 52.4 Å². The second kappa shape index (κ2) is 8.86. The highest BCUT2D eigenvalue weighted by atomic mass is 35.5. The molecule has 1 aliphatic rings. The zero-order valence-electron chi connectivity index (χ0n) is 17.4. The molecule has 2 aromatic carbocycles. The maximum atomic E-state index is 13.0. The van der Waals surface area contributed by atoms with E-state index in [1.165, 1.54) is 35.6 Å². The Bertz CT molecular complexity index is 1290. The first-order valence-electron chi connectivity index (χ1n) is 10.3. The van der Waals surface area contributed by atoms with Crippen molar-refractivity contribution in [3.63, 3.8) is 0 Å². The van der Waals surface area contributed by atoms with Crippen molar-refractivity contribution in [3.05, 3.63) is 57.9 Å². The van der Waals surface area contributed by atoms with Crippen LogP contribution in [0.2, 0.25) is 5.02 Å². The number of aromatic nitrogens is 1. The van der Waals surface area contributed by atoms with Crippen LogP contribution in [-0.4, -0.2) is 35.8 Å². The van der Waals surface area contributed by atoms with Crippen molar-refractivity contribution in [1.29, 1.82) is 0 Å². The van der Waals surface area contributed by atoms with Gasteiger partial charge in [-0.25, -0.2) is 8.42 Å². The Morgan fingerprint density at radius 1 is 1.19 bits per heavy atom. The number of aryl methyl sites for hydroxylation is 1. The molecule has 1 aliphatic heterocycles. The fourth-order valence-electron chi connectivity index (χ4n) is 3.92. The highest BCUT2D eigenvalue weighted by molar-refractivity contribution is 7.89. The number of benzene rings is 2. The van der Waals surface area contributed by atoms with Crippen LogP contribution < -0.4 is 4.80 Å². The first kappa shape index (κ1) is 22.2. The third-order valence-corrected chi connectivity index (χ3v) is 8.91. The van der Waals surface area contributed by atoms with Crippen molar-refractivity contribution >= 4 is 49.1 Å². The topological polar surface area (TPSA) is 71.7 Å². The van der Waals surface area contributed by atoms with Gasteiger partial charge < -0.3 is 4.57 Å². The lowest BCUT2D eigenvalue weighted by Crippen LogP contribution is -2.41. The smallest absolute Gasteiger partial charge is 0.279 e. The number of amides is 1. The van der Waals surface area contributed by atoms with E-state index in [0.717, 1.165) is 29.5 Å². The van der Waals surface area contributed by atoms with E-state index in [-0.39, 0.29) is 10.9 Å². The van der Waals surface area contributed by atoms with Crippen molar-refractivity contribution in [2.75, 3.05) is 6.54 Å². The summed E-state index contributed by atoms with van der Waals surface area (Å²) in [6, 6.07) is 11.6. The number of hydrogen-bond acceptors (Lipinski definition) is 4. The molecule has 0 bridgehead atoms. The van der Waals surface area contributed by atoms with Crippen LogP contribution in [-0.2, 0) is 16.6 Å². The van der Waals surface area contributed by atoms with Gasteiger partial charge in [0.1, 0.15) is 0 Å². The van der Waals surface area contributed by atoms with Crippen molar-refractivity contribution in [1.82, 2.24) is 8.87 Å². The van der Waals surface area contributed by atoms with Crippen molar-refractivity contribution in [3.8, 4) is 0 Å². The maximum Gasteiger partial charge on any atom is 0.279 e. The summed E-state index contributed by atoms with van der Waals surface area (Å²) < 4.78 is 30.4. The lowest BCUT2D eigenvalue weighted by atomic mass is 10.1. The zero-order chi connectivity index (χ0) is 22.2. The summed E-state index contributed by atoms with van der Waals surface area (Å²) in [7, 11) is -3.57. The molecule has 31 heavy (non-hydrogen) atoms. The fraction of sp³-hybridized carbons (Fsp3) is 0.364. The molecule has 0 aliphatic carbocycles. The molecule has 1 atom stereocenters. The van der Waals surface area contributed by atoms with Gasteiger partial charge in [-0.1, -0.05) is 29.4 Å². The van der Waals surface area contributed by atoms with Crippen LogP contribution in [0.4, 0.5) is 0 Å². The summed E-state index contributed by atoms with van der Waals surface area (Å²) in [6.45, 7) is 5.13. The Balaban J connectivity index is 1.64. The largest absolute Gasteiger partial charge is 0.317 e. The molecule has 9 heteroatoms. The van der Waals surface area contributed by atoms with E-state index < -0.39 is 15.9 Å². The Labute approximate surface area is 190 Å². The summed E-state index contributed by atoms with van der Waals surface area (Å²) >= 11 is 7.49. The zero-order valence-corrected chi connectivity index (χ0v) is 19.8. The van der Waals surface area contributed by atoms with Gasteiger partial charge in [-0.15, -0.1) is 0 Å². The third-order valence-electron chi connectivity index (χ3n) is 5.61.